The molecule has 0 aliphatic carbocycles. The highest BCUT2D eigenvalue weighted by Crippen LogP contribution is 2.48. The van der Waals surface area contributed by atoms with Crippen LogP contribution in [-0.4, -0.2) is 23.4 Å². The lowest BCUT2D eigenvalue weighted by Crippen LogP contribution is -2.53. The van der Waals surface area contributed by atoms with Crippen LogP contribution in [0.4, 0.5) is 0 Å². The minimum atomic E-state index is -1.67. The molecule has 144 valence electrons. The average Bonchev–Trinajstić information content (AvgIpc) is 3.04. The van der Waals surface area contributed by atoms with Gasteiger partial charge in [-0.25, -0.2) is 4.79 Å². The van der Waals surface area contributed by atoms with E-state index in [1.54, 1.807) is 20.8 Å². The van der Waals surface area contributed by atoms with E-state index in [4.69, 9.17) is 4.74 Å². The Morgan fingerprint density at radius 1 is 1.07 bits per heavy atom. The summed E-state index contributed by atoms with van der Waals surface area (Å²) in [5.74, 6) is -1.94. The minimum Gasteiger partial charge on any atom is -0.458 e. The fourth-order valence-corrected chi connectivity index (χ4v) is 3.86. The number of esters is 1. The summed E-state index contributed by atoms with van der Waals surface area (Å²) in [6.07, 6.45) is 0.839. The van der Waals surface area contributed by atoms with Gasteiger partial charge in [-0.2, -0.15) is 5.26 Å². The Morgan fingerprint density at radius 3 is 2.07 bits per heavy atom. The summed E-state index contributed by atoms with van der Waals surface area (Å²) < 4.78 is 5.60. The molecule has 3 rings (SSSR count). The predicted molar refractivity (Wildman–Crippen MR) is 105 cm³/mol. The van der Waals surface area contributed by atoms with Crippen molar-refractivity contribution in [2.45, 2.75) is 43.9 Å². The van der Waals surface area contributed by atoms with E-state index in [1.807, 2.05) is 60.7 Å². The zero-order valence-electron chi connectivity index (χ0n) is 16.3. The molecule has 0 amide bonds. The van der Waals surface area contributed by atoms with Gasteiger partial charge in [0, 0.05) is 17.9 Å². The van der Waals surface area contributed by atoms with Crippen molar-refractivity contribution < 1.29 is 14.3 Å². The molecule has 2 aromatic rings. The highest BCUT2D eigenvalue weighted by Gasteiger charge is 2.60. The maximum atomic E-state index is 13.2. The molecule has 0 radical (unpaired) electrons. The van der Waals surface area contributed by atoms with Crippen molar-refractivity contribution >= 4 is 12.3 Å². The van der Waals surface area contributed by atoms with Crippen molar-refractivity contribution in [3.8, 4) is 6.07 Å². The third kappa shape index (κ3) is 3.56. The number of rotatable bonds is 4. The maximum absolute atomic E-state index is 13.2. The quantitative estimate of drug-likeness (QED) is 0.652. The van der Waals surface area contributed by atoms with Crippen LogP contribution in [0.2, 0.25) is 0 Å². The highest BCUT2D eigenvalue weighted by molar-refractivity contribution is 5.89. The highest BCUT2D eigenvalue weighted by atomic mass is 16.6. The van der Waals surface area contributed by atoms with Gasteiger partial charge in [-0.05, 0) is 31.9 Å². The van der Waals surface area contributed by atoms with E-state index in [0.717, 1.165) is 17.4 Å². The Labute approximate surface area is 165 Å². The monoisotopic (exact) mass is 376 g/mol. The van der Waals surface area contributed by atoms with Crippen molar-refractivity contribution in [1.82, 2.24) is 5.32 Å². The Morgan fingerprint density at radius 2 is 1.61 bits per heavy atom. The van der Waals surface area contributed by atoms with Crippen molar-refractivity contribution in [3.05, 3.63) is 71.8 Å². The number of nitrogens with zero attached hydrogens (tertiary/aromatic N) is 1. The molecule has 0 saturated carbocycles. The summed E-state index contributed by atoms with van der Waals surface area (Å²) in [6.45, 7) is 5.27. The summed E-state index contributed by atoms with van der Waals surface area (Å²) in [7, 11) is 0. The lowest BCUT2D eigenvalue weighted by atomic mass is 9.74. The van der Waals surface area contributed by atoms with Crippen molar-refractivity contribution in [2.75, 3.05) is 0 Å². The second-order valence-electron chi connectivity index (χ2n) is 8.06. The second kappa shape index (κ2) is 7.57. The predicted octanol–water partition coefficient (Wildman–Crippen LogP) is 3.53. The summed E-state index contributed by atoms with van der Waals surface area (Å²) in [5, 5.41) is 13.3. The largest absolute Gasteiger partial charge is 0.458 e. The molecule has 1 saturated heterocycles. The van der Waals surface area contributed by atoms with E-state index >= 15 is 0 Å². The first kappa shape index (κ1) is 19.8. The molecule has 0 bridgehead atoms. The van der Waals surface area contributed by atoms with Crippen molar-refractivity contribution in [3.63, 3.8) is 0 Å². The van der Waals surface area contributed by atoms with Crippen LogP contribution in [0, 0.1) is 17.2 Å². The number of carbonyl (C=O) groups is 2. The van der Waals surface area contributed by atoms with Crippen molar-refractivity contribution in [1.29, 1.82) is 5.26 Å². The molecule has 4 atom stereocenters. The van der Waals surface area contributed by atoms with E-state index in [2.05, 4.69) is 11.4 Å². The average molecular weight is 376 g/mol. The minimum absolute atomic E-state index is 0.476. The molecular formula is C23H24N2O3. The topological polar surface area (TPSA) is 79.2 Å². The van der Waals surface area contributed by atoms with Crippen LogP contribution < -0.4 is 5.32 Å². The van der Waals surface area contributed by atoms with Crippen LogP contribution in [0.25, 0.3) is 0 Å². The number of benzene rings is 2. The van der Waals surface area contributed by atoms with Gasteiger partial charge in [0.15, 0.2) is 0 Å². The Hall–Kier alpha value is -2.97. The first-order valence-electron chi connectivity index (χ1n) is 9.30. The number of aldehydes is 1. The van der Waals surface area contributed by atoms with Gasteiger partial charge in [-0.15, -0.1) is 0 Å². The van der Waals surface area contributed by atoms with Crippen LogP contribution in [0.15, 0.2) is 60.7 Å². The van der Waals surface area contributed by atoms with E-state index in [0.29, 0.717) is 0 Å². The lowest BCUT2D eigenvalue weighted by Gasteiger charge is -2.31. The van der Waals surface area contributed by atoms with Crippen molar-refractivity contribution in [2.24, 2.45) is 5.92 Å². The molecule has 1 fully saturated rings. The Bertz CT molecular complexity index is 884. The molecule has 1 aliphatic heterocycles. The molecule has 0 unspecified atom stereocenters. The SMILES string of the molecule is CC(C)(C)OC(=O)[C@]1(C#N)N[C@H](c2ccccc2)[C@H](C=O)[C@H]1c1ccccc1. The Kier molecular flexibility index (Phi) is 5.35. The van der Waals surface area contributed by atoms with Crippen LogP contribution in [0.3, 0.4) is 0 Å². The Balaban J connectivity index is 2.16. The maximum Gasteiger partial charge on any atom is 0.342 e. The van der Waals surface area contributed by atoms with Gasteiger partial charge in [-0.3, -0.25) is 5.32 Å². The van der Waals surface area contributed by atoms with E-state index in [-0.39, 0.29) is 0 Å². The van der Waals surface area contributed by atoms with Gasteiger partial charge in [0.1, 0.15) is 11.9 Å². The number of carbonyl (C=O) groups excluding carboxylic acids is 2. The second-order valence-corrected chi connectivity index (χ2v) is 8.06. The van der Waals surface area contributed by atoms with Gasteiger partial charge < -0.3 is 9.53 Å². The third-order valence-electron chi connectivity index (χ3n) is 4.99. The molecule has 0 aromatic heterocycles. The fraction of sp³-hybridized carbons (Fsp3) is 0.348. The molecule has 5 nitrogen and oxygen atoms in total. The number of nitriles is 1. The summed E-state index contributed by atoms with van der Waals surface area (Å²) >= 11 is 0. The molecule has 0 spiro atoms. The molecule has 1 N–H and O–H groups in total. The molecule has 2 aromatic carbocycles. The molecule has 5 heteroatoms. The number of nitrogens with one attached hydrogen (secondary N) is 1. The van der Waals surface area contributed by atoms with Gasteiger partial charge in [-0.1, -0.05) is 60.7 Å². The zero-order chi connectivity index (χ0) is 20.4. The fourth-order valence-electron chi connectivity index (χ4n) is 3.86. The normalized spacial score (nSPS) is 27.0. The zero-order valence-corrected chi connectivity index (χ0v) is 16.3. The smallest absolute Gasteiger partial charge is 0.342 e. The third-order valence-corrected chi connectivity index (χ3v) is 4.99. The van der Waals surface area contributed by atoms with Gasteiger partial charge >= 0.3 is 5.97 Å². The van der Waals surface area contributed by atoms with Crippen LogP contribution in [0.1, 0.15) is 43.9 Å². The lowest BCUT2D eigenvalue weighted by molar-refractivity contribution is -0.160. The first-order chi connectivity index (χ1) is 13.3. The van der Waals surface area contributed by atoms with Crippen LogP contribution in [0.5, 0.6) is 0 Å². The van der Waals surface area contributed by atoms with Gasteiger partial charge in [0.25, 0.3) is 0 Å². The molecule has 28 heavy (non-hydrogen) atoms. The number of hydrogen-bond donors (Lipinski definition) is 1. The molecular weight excluding hydrogens is 352 g/mol. The summed E-state index contributed by atoms with van der Waals surface area (Å²) in [6, 6.07) is 20.3. The van der Waals surface area contributed by atoms with Crippen LogP contribution in [-0.2, 0) is 14.3 Å². The van der Waals surface area contributed by atoms with E-state index in [1.165, 1.54) is 0 Å². The molecule has 1 heterocycles. The van der Waals surface area contributed by atoms with E-state index in [9.17, 15) is 14.9 Å². The standard InChI is InChI=1S/C23H24N2O3/c1-22(2,3)28-21(27)23(15-24)19(16-10-6-4-7-11-16)18(14-26)20(25-23)17-12-8-5-9-13-17/h4-14,18-20,25H,1-3H3/t18-,19-,20-,23-/m1/s1. The van der Waals surface area contributed by atoms with Crippen LogP contribution >= 0.6 is 0 Å². The van der Waals surface area contributed by atoms with Gasteiger partial charge in [0.05, 0.1) is 6.07 Å². The first-order valence-corrected chi connectivity index (χ1v) is 9.30. The number of hydrogen-bond acceptors (Lipinski definition) is 5. The molecule has 1 aliphatic rings. The summed E-state index contributed by atoms with van der Waals surface area (Å²) in [4.78, 5) is 25.4. The number of ether oxygens (including phenoxy) is 1. The van der Waals surface area contributed by atoms with Gasteiger partial charge in [0.2, 0.25) is 5.54 Å². The van der Waals surface area contributed by atoms with E-state index < -0.39 is 35.0 Å². The summed E-state index contributed by atoms with van der Waals surface area (Å²) in [5.41, 5.74) is -0.828.